The van der Waals surface area contributed by atoms with Crippen molar-refractivity contribution in [2.75, 3.05) is 13.2 Å². The van der Waals surface area contributed by atoms with Gasteiger partial charge >= 0.3 is 0 Å². The predicted octanol–water partition coefficient (Wildman–Crippen LogP) is 2.15. The molecule has 1 saturated heterocycles. The first kappa shape index (κ1) is 14.8. The summed E-state index contributed by atoms with van der Waals surface area (Å²) in [5.74, 6) is 0. The maximum absolute atomic E-state index is 12.4. The van der Waals surface area contributed by atoms with Gasteiger partial charge in [0.15, 0.2) is 0 Å². The highest BCUT2D eigenvalue weighted by Crippen LogP contribution is 2.29. The Morgan fingerprint density at radius 1 is 1.35 bits per heavy atom. The molecule has 0 spiro atoms. The Hall–Kier alpha value is -1.72. The number of aromatic nitrogens is 2. The first-order valence-electron chi connectivity index (χ1n) is 8.56. The van der Waals surface area contributed by atoms with Crippen molar-refractivity contribution < 1.29 is 4.74 Å². The number of hydrogen-bond donors (Lipinski definition) is 0. The van der Waals surface area contributed by atoms with E-state index in [4.69, 9.17) is 9.72 Å². The fourth-order valence-electron chi connectivity index (χ4n) is 3.97. The fourth-order valence-corrected chi connectivity index (χ4v) is 3.97. The van der Waals surface area contributed by atoms with Crippen LogP contribution < -0.4 is 5.56 Å². The molecule has 1 aliphatic carbocycles. The van der Waals surface area contributed by atoms with Gasteiger partial charge in [0.1, 0.15) is 5.65 Å². The van der Waals surface area contributed by atoms with Crippen LogP contribution in [0.2, 0.25) is 0 Å². The summed E-state index contributed by atoms with van der Waals surface area (Å²) in [6.45, 7) is 4.45. The summed E-state index contributed by atoms with van der Waals surface area (Å²) in [5, 5.41) is 0. The molecule has 23 heavy (non-hydrogen) atoms. The van der Waals surface area contributed by atoms with Crippen molar-refractivity contribution in [2.24, 2.45) is 0 Å². The number of nitrogens with zero attached hydrogens (tertiary/aromatic N) is 3. The predicted molar refractivity (Wildman–Crippen MR) is 88.6 cm³/mol. The Kier molecular flexibility index (Phi) is 3.91. The van der Waals surface area contributed by atoms with Crippen LogP contribution in [0.25, 0.3) is 5.65 Å². The van der Waals surface area contributed by atoms with Crippen LogP contribution in [0.1, 0.15) is 36.9 Å². The molecular weight excluding hydrogens is 290 g/mol. The third-order valence-electron chi connectivity index (χ3n) is 5.15. The van der Waals surface area contributed by atoms with E-state index in [2.05, 4.69) is 4.90 Å². The van der Waals surface area contributed by atoms with E-state index in [-0.39, 0.29) is 5.56 Å². The molecule has 5 nitrogen and oxygen atoms in total. The van der Waals surface area contributed by atoms with Gasteiger partial charge in [-0.05, 0) is 31.4 Å². The van der Waals surface area contributed by atoms with Gasteiger partial charge in [0, 0.05) is 31.4 Å². The molecule has 1 aliphatic heterocycles. The van der Waals surface area contributed by atoms with Gasteiger partial charge in [0.25, 0.3) is 5.56 Å². The minimum Gasteiger partial charge on any atom is -0.375 e. The Bertz CT molecular complexity index is 768. The number of morpholine rings is 1. The maximum atomic E-state index is 12.4. The second-order valence-corrected chi connectivity index (χ2v) is 6.70. The van der Waals surface area contributed by atoms with Crippen LogP contribution in [0.15, 0.2) is 29.2 Å². The van der Waals surface area contributed by atoms with Crippen molar-refractivity contribution in [3.05, 3.63) is 46.0 Å². The van der Waals surface area contributed by atoms with Gasteiger partial charge in [-0.1, -0.05) is 18.9 Å². The fraction of sp³-hybridized carbons (Fsp3) is 0.556. The minimum absolute atomic E-state index is 0.00199. The molecular formula is C18H23N3O2. The lowest BCUT2D eigenvalue weighted by Gasteiger charge is -2.43. The highest BCUT2D eigenvalue weighted by Gasteiger charge is 2.34. The number of ether oxygens (including phenoxy) is 1. The zero-order valence-electron chi connectivity index (χ0n) is 13.6. The Balaban J connectivity index is 1.64. The van der Waals surface area contributed by atoms with E-state index < -0.39 is 0 Å². The molecule has 2 fully saturated rings. The zero-order valence-corrected chi connectivity index (χ0v) is 13.6. The molecule has 2 aliphatic rings. The lowest BCUT2D eigenvalue weighted by molar-refractivity contribution is -0.0914. The first-order chi connectivity index (χ1) is 11.2. The van der Waals surface area contributed by atoms with Gasteiger partial charge in [0.2, 0.25) is 0 Å². The van der Waals surface area contributed by atoms with Gasteiger partial charge in [-0.15, -0.1) is 0 Å². The molecule has 2 atom stereocenters. The van der Waals surface area contributed by atoms with Crippen molar-refractivity contribution in [2.45, 2.75) is 51.3 Å². The van der Waals surface area contributed by atoms with Crippen LogP contribution in [-0.2, 0) is 11.3 Å². The number of rotatable bonds is 2. The van der Waals surface area contributed by atoms with Crippen LogP contribution >= 0.6 is 0 Å². The highest BCUT2D eigenvalue weighted by molar-refractivity contribution is 5.46. The topological polar surface area (TPSA) is 46.8 Å². The number of hydrogen-bond acceptors (Lipinski definition) is 4. The SMILES string of the molecule is Cc1cccn2c(=O)cc(CN3CCO[C@@H]4CCCC[C@@H]43)nc12. The average molecular weight is 313 g/mol. The molecule has 0 amide bonds. The summed E-state index contributed by atoms with van der Waals surface area (Å²) in [6.07, 6.45) is 7.04. The Labute approximate surface area is 135 Å². The molecule has 0 N–H and O–H groups in total. The second-order valence-electron chi connectivity index (χ2n) is 6.70. The van der Waals surface area contributed by atoms with E-state index in [9.17, 15) is 4.79 Å². The maximum Gasteiger partial charge on any atom is 0.258 e. The molecule has 0 unspecified atom stereocenters. The van der Waals surface area contributed by atoms with E-state index in [0.29, 0.717) is 12.1 Å². The molecule has 0 radical (unpaired) electrons. The summed E-state index contributed by atoms with van der Waals surface area (Å²) >= 11 is 0. The Morgan fingerprint density at radius 2 is 2.22 bits per heavy atom. The molecule has 2 aromatic heterocycles. The molecule has 0 bridgehead atoms. The van der Waals surface area contributed by atoms with Gasteiger partial charge < -0.3 is 4.74 Å². The summed E-state index contributed by atoms with van der Waals surface area (Å²) in [4.78, 5) is 19.6. The third-order valence-corrected chi connectivity index (χ3v) is 5.15. The first-order valence-corrected chi connectivity index (χ1v) is 8.56. The molecule has 5 heteroatoms. The van der Waals surface area contributed by atoms with Gasteiger partial charge in [-0.2, -0.15) is 0 Å². The van der Waals surface area contributed by atoms with Crippen LogP contribution in [0.4, 0.5) is 0 Å². The Morgan fingerprint density at radius 3 is 3.13 bits per heavy atom. The van der Waals surface area contributed by atoms with E-state index in [1.807, 2.05) is 19.1 Å². The summed E-state index contributed by atoms with van der Waals surface area (Å²) in [6, 6.07) is 6.05. The largest absolute Gasteiger partial charge is 0.375 e. The summed E-state index contributed by atoms with van der Waals surface area (Å²) in [7, 11) is 0. The van der Waals surface area contributed by atoms with E-state index in [1.54, 1.807) is 16.7 Å². The van der Waals surface area contributed by atoms with Crippen molar-refractivity contribution in [1.82, 2.24) is 14.3 Å². The highest BCUT2D eigenvalue weighted by atomic mass is 16.5. The van der Waals surface area contributed by atoms with E-state index >= 15 is 0 Å². The minimum atomic E-state index is 0.00199. The molecule has 1 saturated carbocycles. The average Bonchev–Trinajstić information content (AvgIpc) is 2.56. The number of aryl methyl sites for hydroxylation is 1. The second kappa shape index (κ2) is 6.06. The normalized spacial score (nSPS) is 25.4. The monoisotopic (exact) mass is 313 g/mol. The zero-order chi connectivity index (χ0) is 15.8. The van der Waals surface area contributed by atoms with Crippen molar-refractivity contribution in [3.63, 3.8) is 0 Å². The molecule has 3 heterocycles. The van der Waals surface area contributed by atoms with Crippen molar-refractivity contribution in [3.8, 4) is 0 Å². The smallest absolute Gasteiger partial charge is 0.258 e. The molecule has 4 rings (SSSR count). The molecule has 0 aromatic carbocycles. The standard InChI is InChI=1S/C18H23N3O2/c1-13-5-4-8-21-17(22)11-14(19-18(13)21)12-20-9-10-23-16-7-3-2-6-15(16)20/h4-5,8,11,15-16H,2-3,6-7,9-10,12H2,1H3/t15-,16+/m0/s1. The van der Waals surface area contributed by atoms with Gasteiger partial charge in [-0.3, -0.25) is 14.1 Å². The lowest BCUT2D eigenvalue weighted by atomic mass is 9.90. The summed E-state index contributed by atoms with van der Waals surface area (Å²) in [5.41, 5.74) is 2.67. The number of pyridine rings is 1. The van der Waals surface area contributed by atoms with Crippen LogP contribution in [0.3, 0.4) is 0 Å². The number of fused-ring (bicyclic) bond motifs is 2. The third kappa shape index (κ3) is 2.79. The summed E-state index contributed by atoms with van der Waals surface area (Å²) < 4.78 is 7.56. The quantitative estimate of drug-likeness (QED) is 0.852. The van der Waals surface area contributed by atoms with Crippen LogP contribution in [-0.4, -0.2) is 39.6 Å². The van der Waals surface area contributed by atoms with Crippen molar-refractivity contribution >= 4 is 5.65 Å². The van der Waals surface area contributed by atoms with Gasteiger partial charge in [-0.25, -0.2) is 4.98 Å². The lowest BCUT2D eigenvalue weighted by Crippen LogP contribution is -2.52. The molecule has 2 aromatic rings. The van der Waals surface area contributed by atoms with Crippen molar-refractivity contribution in [1.29, 1.82) is 0 Å². The van der Waals surface area contributed by atoms with Gasteiger partial charge in [0.05, 0.1) is 18.4 Å². The molecule has 122 valence electrons. The van der Waals surface area contributed by atoms with Crippen LogP contribution in [0.5, 0.6) is 0 Å². The van der Waals surface area contributed by atoms with Crippen LogP contribution in [0, 0.1) is 6.92 Å². The van der Waals surface area contributed by atoms with E-state index in [1.165, 1.54) is 19.3 Å². The van der Waals surface area contributed by atoms with E-state index in [0.717, 1.165) is 43.0 Å².